The summed E-state index contributed by atoms with van der Waals surface area (Å²) >= 11 is 0. The molecule has 7 heteroatoms. The number of nitrogens with one attached hydrogen (secondary N) is 3. The van der Waals surface area contributed by atoms with Crippen LogP contribution in [0, 0.1) is 23.2 Å². The third-order valence-corrected chi connectivity index (χ3v) is 6.75. The number of pyridine rings is 1. The molecule has 3 aromatic rings. The number of rotatable bonds is 3. The molecular weight excluding hydrogens is 376 g/mol. The van der Waals surface area contributed by atoms with Crippen molar-refractivity contribution in [1.82, 2.24) is 20.8 Å². The second-order valence-corrected chi connectivity index (χ2v) is 8.28. The molecule has 4 atom stereocenters. The molecule has 0 radical (unpaired) electrons. The highest BCUT2D eigenvalue weighted by Gasteiger charge is 2.42. The molecule has 5 rings (SSSR count). The first-order valence-electron chi connectivity index (χ1n) is 10.4. The minimum Gasteiger partial charge on any atom is -0.346 e. The van der Waals surface area contributed by atoms with Gasteiger partial charge in [0.05, 0.1) is 11.6 Å². The number of aromatic amines is 1. The van der Waals surface area contributed by atoms with Crippen molar-refractivity contribution in [3.63, 3.8) is 0 Å². The summed E-state index contributed by atoms with van der Waals surface area (Å²) in [5.74, 6) is 0.665. The van der Waals surface area contributed by atoms with Gasteiger partial charge in [0, 0.05) is 47.4 Å². The topological polar surface area (TPSA) is 120 Å². The Hall–Kier alpha value is -3.21. The Morgan fingerprint density at radius 2 is 2.10 bits per heavy atom. The first-order chi connectivity index (χ1) is 14.7. The Balaban J connectivity index is 1.50. The molecule has 1 saturated heterocycles. The summed E-state index contributed by atoms with van der Waals surface area (Å²) in [6.07, 6.45) is 6.59. The fourth-order valence-electron chi connectivity index (χ4n) is 5.16. The average Bonchev–Trinajstić information content (AvgIpc) is 3.22. The molecule has 4 unspecified atom stereocenters. The molecule has 1 amide bonds. The summed E-state index contributed by atoms with van der Waals surface area (Å²) in [6.45, 7) is 0.498. The van der Waals surface area contributed by atoms with E-state index in [9.17, 15) is 10.1 Å². The van der Waals surface area contributed by atoms with Gasteiger partial charge in [-0.2, -0.15) is 5.26 Å². The summed E-state index contributed by atoms with van der Waals surface area (Å²) in [4.78, 5) is 20.2. The number of nitrogens with two attached hydrogens (primary N) is 1. The van der Waals surface area contributed by atoms with Crippen molar-refractivity contribution in [1.29, 1.82) is 5.26 Å². The van der Waals surface area contributed by atoms with E-state index in [0.29, 0.717) is 18.0 Å². The quantitative estimate of drug-likeness (QED) is 0.539. The van der Waals surface area contributed by atoms with E-state index < -0.39 is 0 Å². The number of fused-ring (bicyclic) bond motifs is 2. The third-order valence-electron chi connectivity index (χ3n) is 6.75. The standard InChI is InChI=1S/C23H24N6O/c24-9-14-3-1-2-4-16(14)20-12-27-22-19(20)8-15(11-26-22)13-5-6-17-18(7-13)21(10-25)28-29-23(17)30/h1-4,8,11-13,17-18,21,28H,5-7,10,25H2,(H,26,27)(H,29,30). The molecule has 1 aliphatic carbocycles. The zero-order valence-electron chi connectivity index (χ0n) is 16.6. The molecule has 3 heterocycles. The van der Waals surface area contributed by atoms with Crippen molar-refractivity contribution >= 4 is 16.9 Å². The smallest absolute Gasteiger partial charge is 0.237 e. The lowest BCUT2D eigenvalue weighted by atomic mass is 9.68. The average molecular weight is 400 g/mol. The summed E-state index contributed by atoms with van der Waals surface area (Å²) in [5.41, 5.74) is 16.4. The second kappa shape index (κ2) is 7.56. The van der Waals surface area contributed by atoms with Gasteiger partial charge in [-0.3, -0.25) is 10.2 Å². The van der Waals surface area contributed by atoms with E-state index in [-0.39, 0.29) is 23.8 Å². The van der Waals surface area contributed by atoms with Gasteiger partial charge in [0.2, 0.25) is 5.91 Å². The van der Waals surface area contributed by atoms with Crippen molar-refractivity contribution in [2.24, 2.45) is 17.6 Å². The van der Waals surface area contributed by atoms with Crippen molar-refractivity contribution in [2.45, 2.75) is 31.2 Å². The molecule has 152 valence electrons. The molecule has 7 nitrogen and oxygen atoms in total. The van der Waals surface area contributed by atoms with Crippen LogP contribution in [-0.4, -0.2) is 28.5 Å². The molecule has 1 saturated carbocycles. The van der Waals surface area contributed by atoms with Crippen LogP contribution < -0.4 is 16.6 Å². The molecule has 0 bridgehead atoms. The second-order valence-electron chi connectivity index (χ2n) is 8.28. The highest BCUT2D eigenvalue weighted by Crippen LogP contribution is 2.43. The van der Waals surface area contributed by atoms with Crippen LogP contribution in [-0.2, 0) is 4.79 Å². The van der Waals surface area contributed by atoms with Gasteiger partial charge < -0.3 is 10.7 Å². The largest absolute Gasteiger partial charge is 0.346 e. The van der Waals surface area contributed by atoms with E-state index in [1.54, 1.807) is 0 Å². The van der Waals surface area contributed by atoms with Crippen molar-refractivity contribution in [3.8, 4) is 17.2 Å². The van der Waals surface area contributed by atoms with Gasteiger partial charge in [0.25, 0.3) is 0 Å². The molecule has 1 aliphatic heterocycles. The molecule has 2 fully saturated rings. The Morgan fingerprint density at radius 1 is 1.23 bits per heavy atom. The first kappa shape index (κ1) is 18.8. The van der Waals surface area contributed by atoms with Crippen LogP contribution in [0.5, 0.6) is 0 Å². The van der Waals surface area contributed by atoms with E-state index in [1.807, 2.05) is 36.7 Å². The van der Waals surface area contributed by atoms with E-state index in [2.05, 4.69) is 33.0 Å². The Bertz CT molecular complexity index is 1150. The van der Waals surface area contributed by atoms with Gasteiger partial charge in [-0.1, -0.05) is 18.2 Å². The van der Waals surface area contributed by atoms with Crippen LogP contribution >= 0.6 is 0 Å². The van der Waals surface area contributed by atoms with Gasteiger partial charge in [-0.25, -0.2) is 10.4 Å². The number of aromatic nitrogens is 2. The summed E-state index contributed by atoms with van der Waals surface area (Å²) in [5, 5.41) is 10.5. The molecular formula is C23H24N6O. The van der Waals surface area contributed by atoms with Crippen molar-refractivity contribution in [2.75, 3.05) is 6.54 Å². The maximum absolute atomic E-state index is 12.3. The number of hydrogen-bond acceptors (Lipinski definition) is 5. The zero-order chi connectivity index (χ0) is 20.7. The lowest BCUT2D eigenvalue weighted by molar-refractivity contribution is -0.133. The van der Waals surface area contributed by atoms with Crippen LogP contribution in [0.3, 0.4) is 0 Å². The van der Waals surface area contributed by atoms with Gasteiger partial charge in [0.15, 0.2) is 0 Å². The van der Waals surface area contributed by atoms with Crippen LogP contribution in [0.1, 0.15) is 36.3 Å². The Morgan fingerprint density at radius 3 is 2.93 bits per heavy atom. The lowest BCUT2D eigenvalue weighted by Crippen LogP contribution is -2.62. The predicted octanol–water partition coefficient (Wildman–Crippen LogP) is 2.56. The van der Waals surface area contributed by atoms with E-state index in [1.165, 1.54) is 5.56 Å². The Kier molecular flexibility index (Phi) is 4.74. The SMILES string of the molecule is N#Cc1ccccc1-c1c[nH]c2ncc(C3CCC4C(=O)NNC(CN)C4C3)cc12. The van der Waals surface area contributed by atoms with Crippen molar-refractivity contribution in [3.05, 3.63) is 53.9 Å². The molecule has 0 spiro atoms. The fraction of sp³-hybridized carbons (Fsp3) is 0.348. The number of benzene rings is 1. The van der Waals surface area contributed by atoms with Crippen LogP contribution in [0.25, 0.3) is 22.2 Å². The molecule has 1 aromatic carbocycles. The maximum atomic E-state index is 12.3. The number of carbonyl (C=O) groups excluding carboxylic acids is 1. The summed E-state index contributed by atoms with van der Waals surface area (Å²) in [7, 11) is 0. The van der Waals surface area contributed by atoms with Gasteiger partial charge >= 0.3 is 0 Å². The number of amides is 1. The normalized spacial score (nSPS) is 26.1. The lowest BCUT2D eigenvalue weighted by Gasteiger charge is -2.43. The third kappa shape index (κ3) is 3.05. The monoisotopic (exact) mass is 400 g/mol. The van der Waals surface area contributed by atoms with Crippen LogP contribution in [0.4, 0.5) is 0 Å². The molecule has 5 N–H and O–H groups in total. The molecule has 2 aromatic heterocycles. The first-order valence-corrected chi connectivity index (χ1v) is 10.4. The minimum absolute atomic E-state index is 0.0260. The number of H-pyrrole nitrogens is 1. The molecule has 2 aliphatic rings. The summed E-state index contributed by atoms with van der Waals surface area (Å²) < 4.78 is 0. The fourth-order valence-corrected chi connectivity index (χ4v) is 5.16. The minimum atomic E-state index is 0.0260. The maximum Gasteiger partial charge on any atom is 0.237 e. The molecule has 30 heavy (non-hydrogen) atoms. The number of hydrazine groups is 1. The highest BCUT2D eigenvalue weighted by atomic mass is 16.2. The van der Waals surface area contributed by atoms with Gasteiger partial charge in [0.1, 0.15) is 5.65 Å². The highest BCUT2D eigenvalue weighted by molar-refractivity contribution is 5.95. The van der Waals surface area contributed by atoms with E-state index in [4.69, 9.17) is 5.73 Å². The van der Waals surface area contributed by atoms with Gasteiger partial charge in [-0.05, 0) is 48.8 Å². The van der Waals surface area contributed by atoms with Crippen LogP contribution in [0.15, 0.2) is 42.7 Å². The van der Waals surface area contributed by atoms with Crippen molar-refractivity contribution < 1.29 is 4.79 Å². The Labute approximate surface area is 174 Å². The van der Waals surface area contributed by atoms with Crippen LogP contribution in [0.2, 0.25) is 0 Å². The number of carbonyl (C=O) groups is 1. The van der Waals surface area contributed by atoms with Gasteiger partial charge in [-0.15, -0.1) is 0 Å². The number of nitriles is 1. The number of hydrogen-bond donors (Lipinski definition) is 4. The predicted molar refractivity (Wildman–Crippen MR) is 114 cm³/mol. The van der Waals surface area contributed by atoms with E-state index >= 15 is 0 Å². The van der Waals surface area contributed by atoms with E-state index in [0.717, 1.165) is 41.4 Å². The summed E-state index contributed by atoms with van der Waals surface area (Å²) in [6, 6.07) is 12.2. The number of nitrogens with zero attached hydrogens (tertiary/aromatic N) is 2. The zero-order valence-corrected chi connectivity index (χ0v) is 16.6.